The van der Waals surface area contributed by atoms with Crippen LogP contribution >= 0.6 is 11.8 Å². The number of β-lactam (4-membered cyclic amide) rings is 1. The molecule has 2 aromatic heterocycles. The third-order valence-corrected chi connectivity index (χ3v) is 5.87. The summed E-state index contributed by atoms with van der Waals surface area (Å²) in [5.74, 6) is 0.380. The van der Waals surface area contributed by atoms with Gasteiger partial charge in [-0.05, 0) is 36.4 Å². The Morgan fingerprint density at radius 1 is 1.55 bits per heavy atom. The molecule has 0 bridgehead atoms. The number of fused-ring (bicyclic) bond motifs is 1. The van der Waals surface area contributed by atoms with Crippen molar-refractivity contribution in [3.8, 4) is 0 Å². The van der Waals surface area contributed by atoms with Gasteiger partial charge in [-0.25, -0.2) is 5.10 Å². The molecule has 0 aliphatic carbocycles. The molecule has 116 valence electrons. The van der Waals surface area contributed by atoms with Gasteiger partial charge in [-0.2, -0.15) is 0 Å². The molecule has 4 atom stereocenters. The largest absolute Gasteiger partial charge is 0.467 e. The number of hydrogen-bond acceptors (Lipinski definition) is 7. The van der Waals surface area contributed by atoms with Gasteiger partial charge in [-0.15, -0.1) is 16.9 Å². The Hall–Kier alpha value is -1.87. The second-order valence-electron chi connectivity index (χ2n) is 6.03. The summed E-state index contributed by atoms with van der Waals surface area (Å²) in [5, 5.41) is 24.2. The van der Waals surface area contributed by atoms with Crippen LogP contribution in [0.5, 0.6) is 0 Å². The van der Waals surface area contributed by atoms with E-state index in [1.165, 1.54) is 6.26 Å². The first-order valence-electron chi connectivity index (χ1n) is 6.96. The number of H-pyrrole nitrogens is 1. The Labute approximate surface area is 130 Å². The highest BCUT2D eigenvalue weighted by molar-refractivity contribution is 8.01. The number of amides is 1. The molecular weight excluding hydrogens is 306 g/mol. The van der Waals surface area contributed by atoms with E-state index >= 15 is 0 Å². The molecule has 0 radical (unpaired) electrons. The number of nitrogens with one attached hydrogen (secondary N) is 1. The molecule has 9 heteroatoms. The zero-order valence-corrected chi connectivity index (χ0v) is 12.8. The predicted octanol–water partition coefficient (Wildman–Crippen LogP) is 0.877. The summed E-state index contributed by atoms with van der Waals surface area (Å²) in [6.07, 6.45) is 0.562. The van der Waals surface area contributed by atoms with Crippen molar-refractivity contribution >= 4 is 17.7 Å². The molecule has 2 saturated heterocycles. The summed E-state index contributed by atoms with van der Waals surface area (Å²) in [7, 11) is 0. The highest BCUT2D eigenvalue weighted by Crippen LogP contribution is 2.60. The van der Waals surface area contributed by atoms with Crippen molar-refractivity contribution in [2.75, 3.05) is 0 Å². The monoisotopic (exact) mass is 321 g/mol. The normalized spacial score (nSPS) is 31.0. The minimum atomic E-state index is -0.932. The average molecular weight is 321 g/mol. The summed E-state index contributed by atoms with van der Waals surface area (Å²) in [6.45, 7) is 4.10. The number of rotatable bonds is 3. The molecule has 2 aromatic rings. The van der Waals surface area contributed by atoms with Gasteiger partial charge in [-0.1, -0.05) is 0 Å². The van der Waals surface area contributed by atoms with Gasteiger partial charge in [0.1, 0.15) is 23.8 Å². The molecule has 4 rings (SSSR count). The summed E-state index contributed by atoms with van der Waals surface area (Å²) in [4.78, 5) is 14.4. The molecule has 4 heterocycles. The number of carbonyl (C=O) groups excluding carboxylic acids is 1. The smallest absolute Gasteiger partial charge is 0.233 e. The van der Waals surface area contributed by atoms with E-state index in [4.69, 9.17) is 4.42 Å². The number of hydrogen-bond donors (Lipinski definition) is 2. The van der Waals surface area contributed by atoms with E-state index in [2.05, 4.69) is 20.6 Å². The second kappa shape index (κ2) is 4.56. The van der Waals surface area contributed by atoms with Crippen molar-refractivity contribution in [1.29, 1.82) is 0 Å². The molecule has 1 amide bonds. The third kappa shape index (κ3) is 1.75. The van der Waals surface area contributed by atoms with E-state index < -0.39 is 12.0 Å². The Kier molecular flexibility index (Phi) is 2.85. The lowest BCUT2D eigenvalue weighted by Gasteiger charge is -2.45. The number of furan rings is 1. The zero-order chi connectivity index (χ0) is 15.5. The van der Waals surface area contributed by atoms with Crippen LogP contribution in [0, 0.1) is 5.92 Å². The second-order valence-corrected chi connectivity index (χ2v) is 7.80. The maximum absolute atomic E-state index is 12.6. The first kappa shape index (κ1) is 13.8. The van der Waals surface area contributed by atoms with E-state index in [0.717, 1.165) is 0 Å². The van der Waals surface area contributed by atoms with Crippen LogP contribution in [0.4, 0.5) is 0 Å². The van der Waals surface area contributed by atoms with E-state index in [-0.39, 0.29) is 22.1 Å². The highest BCUT2D eigenvalue weighted by atomic mass is 32.2. The number of aliphatic hydroxyl groups is 1. The van der Waals surface area contributed by atoms with Gasteiger partial charge in [0.2, 0.25) is 5.91 Å². The van der Waals surface area contributed by atoms with Crippen molar-refractivity contribution < 1.29 is 14.3 Å². The van der Waals surface area contributed by atoms with Crippen molar-refractivity contribution in [2.45, 2.75) is 36.1 Å². The summed E-state index contributed by atoms with van der Waals surface area (Å²) < 4.78 is 4.98. The molecule has 1 unspecified atom stereocenters. The van der Waals surface area contributed by atoms with Gasteiger partial charge in [0.15, 0.2) is 5.82 Å². The van der Waals surface area contributed by atoms with Crippen LogP contribution in [0.3, 0.4) is 0 Å². The number of nitrogens with zero attached hydrogens (tertiary/aromatic N) is 4. The molecule has 2 aliphatic rings. The number of carbonyl (C=O) groups is 1. The van der Waals surface area contributed by atoms with Crippen LogP contribution < -0.4 is 0 Å². The average Bonchev–Trinajstić information content (AvgIpc) is 3.17. The number of aromatic nitrogens is 4. The van der Waals surface area contributed by atoms with Gasteiger partial charge in [0.05, 0.1) is 11.6 Å². The molecule has 2 fully saturated rings. The van der Waals surface area contributed by atoms with E-state index in [1.54, 1.807) is 28.8 Å². The number of tetrazole rings is 1. The Balaban J connectivity index is 1.64. The van der Waals surface area contributed by atoms with Gasteiger partial charge >= 0.3 is 0 Å². The van der Waals surface area contributed by atoms with Crippen LogP contribution in [0.1, 0.15) is 37.6 Å². The van der Waals surface area contributed by atoms with Crippen LogP contribution in [0.2, 0.25) is 0 Å². The topological polar surface area (TPSA) is 108 Å². The van der Waals surface area contributed by atoms with Gasteiger partial charge in [0.25, 0.3) is 0 Å². The van der Waals surface area contributed by atoms with Gasteiger partial charge < -0.3 is 14.4 Å². The molecule has 0 saturated carbocycles. The minimum absolute atomic E-state index is 0.103. The predicted molar refractivity (Wildman–Crippen MR) is 76.4 cm³/mol. The standard InChI is InChI=1S/C13H15N5O3S/c1-13(2)9(10-14-16-17-15-10)18-11(20)7(12(18)22-13)8(19)6-4-3-5-21-6/h3-5,7-9,12,19H,1-2H3,(H,14,15,16,17)/t7-,8?,9-,12-/m0/s1. The van der Waals surface area contributed by atoms with E-state index in [0.29, 0.717) is 11.6 Å². The van der Waals surface area contributed by atoms with Crippen LogP contribution in [-0.4, -0.2) is 46.7 Å². The number of thioether (sulfide) groups is 1. The van der Waals surface area contributed by atoms with Crippen molar-refractivity contribution in [3.05, 3.63) is 30.0 Å². The maximum atomic E-state index is 12.6. The molecule has 2 N–H and O–H groups in total. The zero-order valence-electron chi connectivity index (χ0n) is 12.0. The lowest BCUT2D eigenvalue weighted by Crippen LogP contribution is -2.59. The summed E-state index contributed by atoms with van der Waals surface area (Å²) >= 11 is 1.65. The summed E-state index contributed by atoms with van der Waals surface area (Å²) in [6, 6.07) is 3.15. The van der Waals surface area contributed by atoms with E-state index in [1.807, 2.05) is 13.8 Å². The maximum Gasteiger partial charge on any atom is 0.233 e. The van der Waals surface area contributed by atoms with E-state index in [9.17, 15) is 9.90 Å². The molecule has 0 spiro atoms. The van der Waals surface area contributed by atoms with Crippen LogP contribution in [0.25, 0.3) is 0 Å². The first-order valence-corrected chi connectivity index (χ1v) is 7.84. The third-order valence-electron chi connectivity index (χ3n) is 4.28. The van der Waals surface area contributed by atoms with Crippen molar-refractivity contribution in [2.24, 2.45) is 5.92 Å². The quantitative estimate of drug-likeness (QED) is 0.808. The fourth-order valence-electron chi connectivity index (χ4n) is 3.30. The van der Waals surface area contributed by atoms with Crippen molar-refractivity contribution in [3.63, 3.8) is 0 Å². The molecule has 2 aliphatic heterocycles. The Morgan fingerprint density at radius 2 is 2.36 bits per heavy atom. The minimum Gasteiger partial charge on any atom is -0.467 e. The Morgan fingerprint density at radius 3 is 3.00 bits per heavy atom. The molecular formula is C13H15N5O3S. The number of aromatic amines is 1. The fourth-order valence-corrected chi connectivity index (χ4v) is 5.02. The molecule has 0 aromatic carbocycles. The SMILES string of the molecule is CC1(C)S[C@H]2[C@@H](C(O)c3ccco3)C(=O)N2[C@H]1c1nnn[nH]1. The number of aliphatic hydroxyl groups excluding tert-OH is 1. The van der Waals surface area contributed by atoms with Gasteiger partial charge in [0, 0.05) is 4.75 Å². The lowest BCUT2D eigenvalue weighted by molar-refractivity contribution is -0.162. The van der Waals surface area contributed by atoms with Crippen molar-refractivity contribution in [1.82, 2.24) is 25.5 Å². The van der Waals surface area contributed by atoms with Crippen LogP contribution in [0.15, 0.2) is 22.8 Å². The lowest BCUT2D eigenvalue weighted by atomic mass is 9.87. The molecule has 8 nitrogen and oxygen atoms in total. The van der Waals surface area contributed by atoms with Gasteiger partial charge in [-0.3, -0.25) is 4.79 Å². The van der Waals surface area contributed by atoms with Crippen LogP contribution in [-0.2, 0) is 4.79 Å². The fraction of sp³-hybridized carbons (Fsp3) is 0.538. The highest BCUT2D eigenvalue weighted by Gasteiger charge is 2.64. The Bertz CT molecular complexity index is 687. The molecule has 22 heavy (non-hydrogen) atoms. The summed E-state index contributed by atoms with van der Waals surface area (Å²) in [5.41, 5.74) is 0. The first-order chi connectivity index (χ1) is 10.5.